The first kappa shape index (κ1) is 12.2. The molecule has 1 aromatic heterocycles. The van der Waals surface area contributed by atoms with E-state index in [0.717, 1.165) is 0 Å². The first-order valence-corrected chi connectivity index (χ1v) is 5.60. The topological polar surface area (TPSA) is 68.5 Å². The van der Waals surface area contributed by atoms with Crippen LogP contribution in [0.2, 0.25) is 0 Å². The molecule has 2 aromatic rings. The minimum absolute atomic E-state index is 0.0837. The van der Waals surface area contributed by atoms with Gasteiger partial charge in [-0.2, -0.15) is 0 Å². The molecule has 0 fully saturated rings. The average Bonchev–Trinajstić information content (AvgIpc) is 2.72. The molecule has 0 aliphatic rings. The third kappa shape index (κ3) is 2.20. The van der Waals surface area contributed by atoms with Crippen molar-refractivity contribution in [3.05, 3.63) is 36.0 Å². The Morgan fingerprint density at radius 1 is 1.33 bits per heavy atom. The predicted octanol–water partition coefficient (Wildman–Crippen LogP) is 1.90. The van der Waals surface area contributed by atoms with Crippen molar-refractivity contribution in [1.82, 2.24) is 4.57 Å². The summed E-state index contributed by atoms with van der Waals surface area (Å²) < 4.78 is 6.55. The zero-order valence-electron chi connectivity index (χ0n) is 9.92. The van der Waals surface area contributed by atoms with Gasteiger partial charge < -0.3 is 14.4 Å². The van der Waals surface area contributed by atoms with E-state index in [1.54, 1.807) is 42.0 Å². The Bertz CT molecular complexity index is 600. The van der Waals surface area contributed by atoms with Crippen molar-refractivity contribution in [1.29, 1.82) is 0 Å². The molecule has 1 N–H and O–H groups in total. The van der Waals surface area contributed by atoms with Crippen LogP contribution in [-0.4, -0.2) is 28.2 Å². The van der Waals surface area contributed by atoms with Crippen LogP contribution in [0.5, 0.6) is 0 Å². The summed E-state index contributed by atoms with van der Waals surface area (Å²) in [5, 5.41) is 9.68. The molecule has 1 aromatic carbocycles. The Balaban J connectivity index is 2.40. The molecule has 18 heavy (non-hydrogen) atoms. The molecular formula is C13H13NO4. The van der Waals surface area contributed by atoms with Crippen LogP contribution in [0.3, 0.4) is 0 Å². The van der Waals surface area contributed by atoms with Gasteiger partial charge in [0.2, 0.25) is 0 Å². The molecule has 0 radical (unpaired) electrons. The summed E-state index contributed by atoms with van der Waals surface area (Å²) in [7, 11) is 0. The molecule has 2 rings (SSSR count). The fourth-order valence-corrected chi connectivity index (χ4v) is 1.89. The van der Waals surface area contributed by atoms with E-state index in [0.29, 0.717) is 17.5 Å². The molecule has 0 aliphatic heterocycles. The fraction of sp³-hybridized carbons (Fsp3) is 0.231. The monoisotopic (exact) mass is 247 g/mol. The zero-order valence-corrected chi connectivity index (χ0v) is 9.92. The lowest BCUT2D eigenvalue weighted by Crippen LogP contribution is -2.12. The predicted molar refractivity (Wildman–Crippen MR) is 65.5 cm³/mol. The second kappa shape index (κ2) is 4.91. The van der Waals surface area contributed by atoms with Crippen LogP contribution in [0.1, 0.15) is 17.3 Å². The minimum Gasteiger partial charge on any atom is -0.478 e. The highest BCUT2D eigenvalue weighted by atomic mass is 16.5. The summed E-state index contributed by atoms with van der Waals surface area (Å²) in [5.74, 6) is -1.31. The Kier molecular flexibility index (Phi) is 3.32. The molecule has 0 saturated carbocycles. The van der Waals surface area contributed by atoms with Crippen LogP contribution in [0.4, 0.5) is 0 Å². The molecule has 5 nitrogen and oxygen atoms in total. The van der Waals surface area contributed by atoms with E-state index in [-0.39, 0.29) is 18.1 Å². The van der Waals surface area contributed by atoms with Crippen molar-refractivity contribution < 1.29 is 19.4 Å². The summed E-state index contributed by atoms with van der Waals surface area (Å²) in [6.07, 6.45) is 1.69. The third-order valence-corrected chi connectivity index (χ3v) is 2.65. The van der Waals surface area contributed by atoms with Crippen molar-refractivity contribution in [2.45, 2.75) is 13.5 Å². The van der Waals surface area contributed by atoms with Gasteiger partial charge in [-0.1, -0.05) is 6.07 Å². The lowest BCUT2D eigenvalue weighted by Gasteiger charge is -2.05. The van der Waals surface area contributed by atoms with Gasteiger partial charge in [0.15, 0.2) is 0 Å². The number of carbonyl (C=O) groups excluding carboxylic acids is 1. The standard InChI is InChI=1S/C13H13NO4/c1-2-18-12(15)8-14-7-6-9-10(13(16)17)4-3-5-11(9)14/h3-7H,2,8H2,1H3,(H,16,17). The number of carbonyl (C=O) groups is 2. The maximum atomic E-state index is 11.4. The number of carboxylic acid groups (broad SMARTS) is 1. The third-order valence-electron chi connectivity index (χ3n) is 2.65. The molecule has 0 bridgehead atoms. The Morgan fingerprint density at radius 3 is 2.78 bits per heavy atom. The van der Waals surface area contributed by atoms with E-state index in [2.05, 4.69) is 0 Å². The number of hydrogen-bond donors (Lipinski definition) is 1. The first-order chi connectivity index (χ1) is 8.63. The van der Waals surface area contributed by atoms with Crippen LogP contribution in [0.15, 0.2) is 30.5 Å². The maximum absolute atomic E-state index is 11.4. The van der Waals surface area contributed by atoms with E-state index < -0.39 is 5.97 Å². The Hall–Kier alpha value is -2.30. The van der Waals surface area contributed by atoms with E-state index in [1.165, 1.54) is 0 Å². The van der Waals surface area contributed by atoms with Crippen LogP contribution in [0.25, 0.3) is 10.9 Å². The van der Waals surface area contributed by atoms with Crippen molar-refractivity contribution in [2.75, 3.05) is 6.61 Å². The van der Waals surface area contributed by atoms with Gasteiger partial charge in [-0.05, 0) is 25.1 Å². The number of aromatic nitrogens is 1. The molecule has 0 atom stereocenters. The second-order valence-electron chi connectivity index (χ2n) is 3.79. The number of aromatic carboxylic acids is 1. The number of fused-ring (bicyclic) bond motifs is 1. The lowest BCUT2D eigenvalue weighted by atomic mass is 10.1. The summed E-state index contributed by atoms with van der Waals surface area (Å²) in [6.45, 7) is 2.16. The van der Waals surface area contributed by atoms with Gasteiger partial charge in [0, 0.05) is 17.1 Å². The van der Waals surface area contributed by atoms with Crippen molar-refractivity contribution in [3.8, 4) is 0 Å². The number of carboxylic acids is 1. The van der Waals surface area contributed by atoms with Crippen LogP contribution >= 0.6 is 0 Å². The van der Waals surface area contributed by atoms with Crippen LogP contribution < -0.4 is 0 Å². The highest BCUT2D eigenvalue weighted by Gasteiger charge is 2.12. The quantitative estimate of drug-likeness (QED) is 0.838. The number of esters is 1. The maximum Gasteiger partial charge on any atom is 0.336 e. The van der Waals surface area contributed by atoms with E-state index in [4.69, 9.17) is 9.84 Å². The molecule has 94 valence electrons. The summed E-state index contributed by atoms with van der Waals surface area (Å²) >= 11 is 0. The van der Waals surface area contributed by atoms with Crippen LogP contribution in [-0.2, 0) is 16.1 Å². The van der Waals surface area contributed by atoms with E-state index >= 15 is 0 Å². The molecule has 0 unspecified atom stereocenters. The Morgan fingerprint density at radius 2 is 2.11 bits per heavy atom. The number of ether oxygens (including phenoxy) is 1. The molecule has 0 amide bonds. The second-order valence-corrected chi connectivity index (χ2v) is 3.79. The largest absolute Gasteiger partial charge is 0.478 e. The van der Waals surface area contributed by atoms with Gasteiger partial charge >= 0.3 is 11.9 Å². The number of rotatable bonds is 4. The smallest absolute Gasteiger partial charge is 0.336 e. The molecule has 5 heteroatoms. The molecule has 0 aliphatic carbocycles. The average molecular weight is 247 g/mol. The number of hydrogen-bond acceptors (Lipinski definition) is 3. The van der Waals surface area contributed by atoms with Crippen molar-refractivity contribution in [3.63, 3.8) is 0 Å². The molecular weight excluding hydrogens is 234 g/mol. The SMILES string of the molecule is CCOC(=O)Cn1ccc2c(C(=O)O)cccc21. The van der Waals surface area contributed by atoms with Gasteiger partial charge in [0.25, 0.3) is 0 Å². The van der Waals surface area contributed by atoms with Gasteiger partial charge in [-0.3, -0.25) is 4.79 Å². The van der Waals surface area contributed by atoms with Crippen molar-refractivity contribution >= 4 is 22.8 Å². The number of benzene rings is 1. The van der Waals surface area contributed by atoms with Gasteiger partial charge in [0.1, 0.15) is 6.54 Å². The number of nitrogens with zero attached hydrogens (tertiary/aromatic N) is 1. The van der Waals surface area contributed by atoms with Gasteiger partial charge in [0.05, 0.1) is 12.2 Å². The summed E-state index contributed by atoms with van der Waals surface area (Å²) in [4.78, 5) is 22.5. The summed E-state index contributed by atoms with van der Waals surface area (Å²) in [6, 6.07) is 6.67. The van der Waals surface area contributed by atoms with Gasteiger partial charge in [-0.15, -0.1) is 0 Å². The van der Waals surface area contributed by atoms with Gasteiger partial charge in [-0.25, -0.2) is 4.79 Å². The van der Waals surface area contributed by atoms with E-state index in [9.17, 15) is 9.59 Å². The van der Waals surface area contributed by atoms with Crippen molar-refractivity contribution in [2.24, 2.45) is 0 Å². The highest BCUT2D eigenvalue weighted by Crippen LogP contribution is 2.20. The molecule has 0 saturated heterocycles. The minimum atomic E-state index is -0.977. The van der Waals surface area contributed by atoms with E-state index in [1.807, 2.05) is 0 Å². The first-order valence-electron chi connectivity index (χ1n) is 5.60. The van der Waals surface area contributed by atoms with Crippen LogP contribution in [0, 0.1) is 0 Å². The zero-order chi connectivity index (χ0) is 13.1. The highest BCUT2D eigenvalue weighted by molar-refractivity contribution is 6.03. The lowest BCUT2D eigenvalue weighted by molar-refractivity contribution is -0.143. The molecule has 1 heterocycles. The Labute approximate surface area is 104 Å². The normalized spacial score (nSPS) is 10.5. The summed E-state index contributed by atoms with van der Waals surface area (Å²) in [5.41, 5.74) is 0.943. The molecule has 0 spiro atoms. The fourth-order valence-electron chi connectivity index (χ4n) is 1.89.